The van der Waals surface area contributed by atoms with E-state index in [-0.39, 0.29) is 0 Å². The Morgan fingerprint density at radius 2 is 1.68 bits per heavy atom. The van der Waals surface area contributed by atoms with Gasteiger partial charge in [-0.1, -0.05) is 48.5 Å². The Hall–Kier alpha value is -2.13. The average Bonchev–Trinajstić information content (AvgIpc) is 3.47. The van der Waals surface area contributed by atoms with Gasteiger partial charge in [-0.05, 0) is 42.0 Å². The summed E-state index contributed by atoms with van der Waals surface area (Å²) < 4.78 is 0. The first-order chi connectivity index (χ1) is 12.2. The minimum Gasteiger partial charge on any atom is -0.339 e. The molecule has 3 atom stereocenters. The number of nitrogens with zero attached hydrogens (tertiary/aromatic N) is 1. The van der Waals surface area contributed by atoms with Crippen LogP contribution in [0.25, 0.3) is 11.1 Å². The average molecular weight is 332 g/mol. The first-order valence-corrected chi connectivity index (χ1v) is 9.41. The fraction of sp³-hybridized carbons (Fsp3) is 0.409. The molecule has 128 valence electrons. The van der Waals surface area contributed by atoms with E-state index in [1.807, 2.05) is 0 Å². The van der Waals surface area contributed by atoms with Gasteiger partial charge in [-0.2, -0.15) is 0 Å². The number of rotatable bonds is 3. The van der Waals surface area contributed by atoms with Crippen molar-refractivity contribution in [3.63, 3.8) is 0 Å². The smallest absolute Gasteiger partial charge is 0.225 e. The van der Waals surface area contributed by atoms with Crippen LogP contribution in [0.5, 0.6) is 0 Å². The van der Waals surface area contributed by atoms with Gasteiger partial charge in [0, 0.05) is 37.0 Å². The zero-order valence-electron chi connectivity index (χ0n) is 14.6. The Kier molecular flexibility index (Phi) is 3.46. The van der Waals surface area contributed by atoms with Crippen LogP contribution in [0.1, 0.15) is 29.9 Å². The van der Waals surface area contributed by atoms with Crippen LogP contribution in [0.4, 0.5) is 0 Å². The molecule has 2 aromatic carbocycles. The Morgan fingerprint density at radius 3 is 2.32 bits per heavy atom. The highest BCUT2D eigenvalue weighted by molar-refractivity contribution is 5.81. The summed E-state index contributed by atoms with van der Waals surface area (Å²) in [6.07, 6.45) is 2.20. The summed E-state index contributed by atoms with van der Waals surface area (Å²) in [6.45, 7) is 3.90. The van der Waals surface area contributed by atoms with Gasteiger partial charge in [-0.3, -0.25) is 4.79 Å². The summed E-state index contributed by atoms with van der Waals surface area (Å²) in [5.41, 5.74) is 5.31. The molecule has 3 heterocycles. The third kappa shape index (κ3) is 2.58. The minimum atomic E-state index is 0.337. The molecule has 4 fully saturated rings. The van der Waals surface area contributed by atoms with Crippen LogP contribution in [0.2, 0.25) is 0 Å². The molecule has 0 spiro atoms. The third-order valence-electron chi connectivity index (χ3n) is 6.12. The summed E-state index contributed by atoms with van der Waals surface area (Å²) in [7, 11) is 0. The summed E-state index contributed by atoms with van der Waals surface area (Å²) in [5, 5.41) is 3.63. The fourth-order valence-corrected chi connectivity index (χ4v) is 4.54. The first-order valence-electron chi connectivity index (χ1n) is 9.41. The number of piperidine rings is 1. The van der Waals surface area contributed by atoms with Crippen molar-refractivity contribution in [1.29, 1.82) is 0 Å². The second-order valence-electron chi connectivity index (χ2n) is 7.86. The molecule has 25 heavy (non-hydrogen) atoms. The van der Waals surface area contributed by atoms with Crippen molar-refractivity contribution in [3.8, 4) is 11.1 Å². The van der Waals surface area contributed by atoms with E-state index in [2.05, 4.69) is 65.7 Å². The van der Waals surface area contributed by atoms with Crippen LogP contribution < -0.4 is 5.32 Å². The van der Waals surface area contributed by atoms with E-state index in [1.165, 1.54) is 22.3 Å². The molecule has 4 aliphatic rings. The van der Waals surface area contributed by atoms with E-state index in [1.54, 1.807) is 0 Å². The van der Waals surface area contributed by atoms with Crippen molar-refractivity contribution in [2.75, 3.05) is 13.1 Å². The van der Waals surface area contributed by atoms with E-state index in [4.69, 9.17) is 0 Å². The molecule has 3 aliphatic heterocycles. The van der Waals surface area contributed by atoms with Crippen molar-refractivity contribution >= 4 is 5.91 Å². The maximum Gasteiger partial charge on any atom is 0.225 e. The fourth-order valence-electron chi connectivity index (χ4n) is 4.54. The van der Waals surface area contributed by atoms with Crippen LogP contribution in [0.3, 0.4) is 0 Å². The van der Waals surface area contributed by atoms with Gasteiger partial charge in [0.25, 0.3) is 0 Å². The van der Waals surface area contributed by atoms with Crippen molar-refractivity contribution in [2.24, 2.45) is 5.92 Å². The van der Waals surface area contributed by atoms with E-state index in [0.29, 0.717) is 29.8 Å². The summed E-state index contributed by atoms with van der Waals surface area (Å²) in [5.74, 6) is 1.28. The highest BCUT2D eigenvalue weighted by atomic mass is 16.2. The van der Waals surface area contributed by atoms with Gasteiger partial charge >= 0.3 is 0 Å². The lowest BCUT2D eigenvalue weighted by Crippen LogP contribution is -2.72. The lowest BCUT2D eigenvalue weighted by atomic mass is 9.74. The number of amides is 1. The van der Waals surface area contributed by atoms with Gasteiger partial charge < -0.3 is 10.2 Å². The number of carbonyl (C=O) groups excluding carboxylic acids is 1. The molecule has 1 unspecified atom stereocenters. The first kappa shape index (κ1) is 15.2. The van der Waals surface area contributed by atoms with E-state index < -0.39 is 0 Å². The molecule has 1 aliphatic carbocycles. The van der Waals surface area contributed by atoms with Crippen LogP contribution in [-0.2, 0) is 4.79 Å². The van der Waals surface area contributed by atoms with E-state index in [9.17, 15) is 4.79 Å². The van der Waals surface area contributed by atoms with Gasteiger partial charge in [-0.15, -0.1) is 0 Å². The number of carbonyl (C=O) groups is 1. The largest absolute Gasteiger partial charge is 0.339 e. The number of benzene rings is 2. The van der Waals surface area contributed by atoms with Crippen LogP contribution >= 0.6 is 0 Å². The minimum absolute atomic E-state index is 0.337. The number of aryl methyl sites for hydroxylation is 1. The quantitative estimate of drug-likeness (QED) is 0.935. The Balaban J connectivity index is 1.32. The van der Waals surface area contributed by atoms with Gasteiger partial charge in [0.2, 0.25) is 5.91 Å². The third-order valence-corrected chi connectivity index (χ3v) is 6.12. The Bertz CT molecular complexity index is 797. The zero-order valence-corrected chi connectivity index (χ0v) is 14.6. The van der Waals surface area contributed by atoms with E-state index in [0.717, 1.165) is 25.9 Å². The number of piperazine rings is 1. The maximum atomic E-state index is 12.3. The summed E-state index contributed by atoms with van der Waals surface area (Å²) in [4.78, 5) is 14.4. The molecular weight excluding hydrogens is 308 g/mol. The van der Waals surface area contributed by atoms with Crippen molar-refractivity contribution in [3.05, 3.63) is 59.7 Å². The number of hydrogen-bond acceptors (Lipinski definition) is 2. The van der Waals surface area contributed by atoms with Gasteiger partial charge in [0.05, 0.1) is 0 Å². The lowest BCUT2D eigenvalue weighted by molar-refractivity contribution is -0.137. The second kappa shape index (κ2) is 5.70. The van der Waals surface area contributed by atoms with Crippen LogP contribution in [0.15, 0.2) is 48.5 Å². The predicted octanol–water partition coefficient (Wildman–Crippen LogP) is 3.34. The maximum absolute atomic E-state index is 12.3. The standard InChI is InChI=1S/C22H24N2O/c1-14-4-2-3-5-18(14)15-6-8-16(9-7-15)21-19-12-24(13-20(21)23-19)22(25)17-10-11-17/h2-9,17,19-21,23H,10-13H2,1H3/t19-,20+,21?. The highest BCUT2D eigenvalue weighted by Crippen LogP contribution is 2.40. The molecular formula is C22H24N2O. The molecule has 1 saturated carbocycles. The molecule has 3 nitrogen and oxygen atoms in total. The molecule has 3 saturated heterocycles. The molecule has 3 heteroatoms. The van der Waals surface area contributed by atoms with E-state index >= 15 is 0 Å². The van der Waals surface area contributed by atoms with Crippen LogP contribution in [-0.4, -0.2) is 36.0 Å². The number of nitrogens with one attached hydrogen (secondary N) is 1. The van der Waals surface area contributed by atoms with Gasteiger partial charge in [0.1, 0.15) is 0 Å². The highest BCUT2D eigenvalue weighted by Gasteiger charge is 2.49. The summed E-state index contributed by atoms with van der Waals surface area (Å²) in [6, 6.07) is 18.4. The molecule has 2 bridgehead atoms. The Morgan fingerprint density at radius 1 is 1.00 bits per heavy atom. The van der Waals surface area contributed by atoms with Crippen molar-refractivity contribution < 1.29 is 4.79 Å². The SMILES string of the molecule is Cc1ccccc1-c1ccc(C2[C@@H]3CN(C(=O)C4CC4)C[C@H]2N3)cc1. The van der Waals surface area contributed by atoms with Crippen molar-refractivity contribution in [1.82, 2.24) is 10.2 Å². The van der Waals surface area contributed by atoms with Crippen LogP contribution in [0, 0.1) is 12.8 Å². The molecule has 2 aromatic rings. The number of hydrogen-bond donors (Lipinski definition) is 1. The molecule has 1 amide bonds. The number of fused-ring (bicyclic) bond motifs is 2. The molecule has 0 radical (unpaired) electrons. The van der Waals surface area contributed by atoms with Crippen molar-refractivity contribution in [2.45, 2.75) is 37.8 Å². The lowest BCUT2D eigenvalue weighted by Gasteiger charge is -2.55. The Labute approximate surface area is 149 Å². The normalized spacial score (nSPS) is 27.7. The summed E-state index contributed by atoms with van der Waals surface area (Å²) >= 11 is 0. The van der Waals surface area contributed by atoms with Gasteiger partial charge in [-0.25, -0.2) is 0 Å². The second-order valence-corrected chi connectivity index (χ2v) is 7.86. The zero-order chi connectivity index (χ0) is 17.0. The molecule has 1 N–H and O–H groups in total. The molecule has 6 rings (SSSR count). The molecule has 0 aromatic heterocycles. The topological polar surface area (TPSA) is 32.3 Å². The van der Waals surface area contributed by atoms with Gasteiger partial charge in [0.15, 0.2) is 0 Å². The predicted molar refractivity (Wildman–Crippen MR) is 99.4 cm³/mol. The monoisotopic (exact) mass is 332 g/mol.